The Kier molecular flexibility index (Phi) is 5.43. The van der Waals surface area contributed by atoms with Gasteiger partial charge in [0.05, 0.1) is 0 Å². The van der Waals surface area contributed by atoms with Crippen molar-refractivity contribution in [3.05, 3.63) is 112 Å². The van der Waals surface area contributed by atoms with E-state index in [9.17, 15) is 0 Å². The van der Waals surface area contributed by atoms with E-state index in [0.717, 1.165) is 0 Å². The molecule has 0 saturated carbocycles. The third kappa shape index (κ3) is 3.27. The molecule has 3 aromatic carbocycles. The highest BCUT2D eigenvalue weighted by Crippen LogP contribution is 2.52. The van der Waals surface area contributed by atoms with Crippen molar-refractivity contribution >= 4 is 23.6 Å². The Balaban J connectivity index is 2.22. The number of benzene rings is 3. The minimum atomic E-state index is -2.48. The molecule has 0 radical (unpaired) electrons. The van der Waals surface area contributed by atoms with Crippen LogP contribution in [0.25, 0.3) is 0 Å². The SMILES string of the molecule is CC1=CC(C)([Si](c2ccccc2)(c2ccc(C)cc2)c2cc(C)cc(C)c2)C(C)=C1C. The predicted molar refractivity (Wildman–Crippen MR) is 139 cm³/mol. The van der Waals surface area contributed by atoms with Gasteiger partial charge in [0.15, 0.2) is 8.07 Å². The van der Waals surface area contributed by atoms with Crippen molar-refractivity contribution in [2.45, 2.75) is 53.5 Å². The van der Waals surface area contributed by atoms with Gasteiger partial charge in [0.25, 0.3) is 0 Å². The summed E-state index contributed by atoms with van der Waals surface area (Å²) < 4.78 is 0. The zero-order chi connectivity index (χ0) is 22.4. The molecule has 0 aliphatic heterocycles. The van der Waals surface area contributed by atoms with Crippen molar-refractivity contribution in [2.24, 2.45) is 0 Å². The molecule has 0 amide bonds. The molecule has 1 aliphatic carbocycles. The van der Waals surface area contributed by atoms with Crippen LogP contribution in [0.2, 0.25) is 5.04 Å². The minimum Gasteiger partial charge on any atom is -0.0730 e. The van der Waals surface area contributed by atoms with E-state index in [0.29, 0.717) is 0 Å². The molecule has 0 N–H and O–H groups in total. The van der Waals surface area contributed by atoms with Crippen molar-refractivity contribution in [2.75, 3.05) is 0 Å². The number of aryl methyl sites for hydroxylation is 3. The van der Waals surface area contributed by atoms with Crippen LogP contribution in [0.4, 0.5) is 0 Å². The van der Waals surface area contributed by atoms with Gasteiger partial charge in [0, 0.05) is 5.04 Å². The van der Waals surface area contributed by atoms with Gasteiger partial charge in [0.1, 0.15) is 0 Å². The number of hydrogen-bond acceptors (Lipinski definition) is 0. The maximum Gasteiger partial charge on any atom is 0.161 e. The van der Waals surface area contributed by atoms with Crippen LogP contribution in [0.15, 0.2) is 95.6 Å². The fourth-order valence-electron chi connectivity index (χ4n) is 5.81. The molecule has 2 unspecified atom stereocenters. The van der Waals surface area contributed by atoms with Crippen LogP contribution in [0, 0.1) is 20.8 Å². The maximum atomic E-state index is 2.58. The third-order valence-electron chi connectivity index (χ3n) is 7.56. The first-order valence-electron chi connectivity index (χ1n) is 11.3. The summed E-state index contributed by atoms with van der Waals surface area (Å²) in [5.41, 5.74) is 8.38. The fourth-order valence-corrected chi connectivity index (χ4v) is 12.0. The monoisotopic (exact) mass is 422 g/mol. The van der Waals surface area contributed by atoms with Gasteiger partial charge in [-0.05, 0) is 62.7 Å². The van der Waals surface area contributed by atoms with E-state index in [4.69, 9.17) is 0 Å². The van der Waals surface area contributed by atoms with Gasteiger partial charge in [-0.25, -0.2) is 0 Å². The lowest BCUT2D eigenvalue weighted by molar-refractivity contribution is 0.870. The highest BCUT2D eigenvalue weighted by molar-refractivity contribution is 7.14. The van der Waals surface area contributed by atoms with Crippen molar-refractivity contribution in [3.8, 4) is 0 Å². The second-order valence-electron chi connectivity index (χ2n) is 9.64. The Morgan fingerprint density at radius 1 is 0.581 bits per heavy atom. The number of hydrogen-bond donors (Lipinski definition) is 0. The third-order valence-corrected chi connectivity index (χ3v) is 13.2. The number of rotatable bonds is 4. The fraction of sp³-hybridized carbons (Fsp3) is 0.267. The quantitative estimate of drug-likeness (QED) is 0.350. The molecule has 0 saturated heterocycles. The second-order valence-corrected chi connectivity index (χ2v) is 13.9. The van der Waals surface area contributed by atoms with Gasteiger partial charge >= 0.3 is 0 Å². The Morgan fingerprint density at radius 2 is 1.13 bits per heavy atom. The van der Waals surface area contributed by atoms with E-state index in [-0.39, 0.29) is 5.04 Å². The molecule has 0 nitrogen and oxygen atoms in total. The molecule has 0 bridgehead atoms. The van der Waals surface area contributed by atoms with Gasteiger partial charge < -0.3 is 0 Å². The molecule has 31 heavy (non-hydrogen) atoms. The van der Waals surface area contributed by atoms with E-state index in [1.165, 1.54) is 49.0 Å². The topological polar surface area (TPSA) is 0 Å². The molecule has 0 fully saturated rings. The zero-order valence-corrected chi connectivity index (χ0v) is 21.0. The highest BCUT2D eigenvalue weighted by atomic mass is 28.3. The van der Waals surface area contributed by atoms with Crippen molar-refractivity contribution in [1.82, 2.24) is 0 Å². The van der Waals surface area contributed by atoms with Crippen molar-refractivity contribution in [3.63, 3.8) is 0 Å². The Bertz CT molecular complexity index is 1160. The van der Waals surface area contributed by atoms with Crippen LogP contribution in [0.5, 0.6) is 0 Å². The van der Waals surface area contributed by atoms with E-state index in [1.807, 2.05) is 0 Å². The predicted octanol–water partition coefficient (Wildman–Crippen LogP) is 6.14. The lowest BCUT2D eigenvalue weighted by atomic mass is 10.0. The van der Waals surface area contributed by atoms with Crippen LogP contribution < -0.4 is 15.6 Å². The van der Waals surface area contributed by atoms with Gasteiger partial charge in [-0.1, -0.05) is 114 Å². The first kappa shape index (κ1) is 21.6. The van der Waals surface area contributed by atoms with E-state index < -0.39 is 8.07 Å². The molecule has 1 aliphatic rings. The summed E-state index contributed by atoms with van der Waals surface area (Å²) in [6, 6.07) is 27.9. The van der Waals surface area contributed by atoms with Gasteiger partial charge in [0.2, 0.25) is 0 Å². The smallest absolute Gasteiger partial charge is 0.0730 e. The van der Waals surface area contributed by atoms with Gasteiger partial charge in [-0.3, -0.25) is 0 Å². The average Bonchev–Trinajstić information content (AvgIpc) is 2.93. The highest BCUT2D eigenvalue weighted by Gasteiger charge is 2.55. The van der Waals surface area contributed by atoms with Gasteiger partial charge in [-0.15, -0.1) is 0 Å². The van der Waals surface area contributed by atoms with E-state index in [2.05, 4.69) is 127 Å². The van der Waals surface area contributed by atoms with Crippen LogP contribution >= 0.6 is 0 Å². The molecular formula is C30H34Si. The minimum absolute atomic E-state index is 0.0436. The van der Waals surface area contributed by atoms with Crippen molar-refractivity contribution < 1.29 is 0 Å². The van der Waals surface area contributed by atoms with Crippen LogP contribution in [-0.4, -0.2) is 8.07 Å². The summed E-state index contributed by atoms with van der Waals surface area (Å²) in [6.45, 7) is 16.1. The summed E-state index contributed by atoms with van der Waals surface area (Å²) in [5, 5.41) is 4.41. The van der Waals surface area contributed by atoms with Crippen LogP contribution in [0.1, 0.15) is 44.4 Å². The average molecular weight is 423 g/mol. The molecule has 158 valence electrons. The first-order chi connectivity index (χ1) is 14.7. The summed E-state index contributed by atoms with van der Waals surface area (Å²) in [6.07, 6.45) is 2.58. The molecule has 3 aromatic rings. The molecule has 4 rings (SSSR count). The molecule has 0 spiro atoms. The second kappa shape index (κ2) is 7.80. The number of allylic oxidation sites excluding steroid dienone is 4. The summed E-state index contributed by atoms with van der Waals surface area (Å²) in [4.78, 5) is 0. The summed E-state index contributed by atoms with van der Waals surface area (Å²) in [7, 11) is -2.48. The van der Waals surface area contributed by atoms with Gasteiger partial charge in [-0.2, -0.15) is 0 Å². The van der Waals surface area contributed by atoms with Crippen LogP contribution in [0.3, 0.4) is 0 Å². The standard InChI is InChI=1S/C30H34Si/c1-21-13-15-28(16-14-21)31(27-11-9-8-10-12-27,29-18-22(2)17-23(3)19-29)30(7)20-24(4)25(5)26(30)6/h8-20H,1-7H3. The molecule has 2 atom stereocenters. The Labute approximate surface area is 189 Å². The summed E-state index contributed by atoms with van der Waals surface area (Å²) in [5.74, 6) is 0. The summed E-state index contributed by atoms with van der Waals surface area (Å²) >= 11 is 0. The van der Waals surface area contributed by atoms with Crippen LogP contribution in [-0.2, 0) is 0 Å². The molecule has 0 heterocycles. The first-order valence-corrected chi connectivity index (χ1v) is 13.3. The Hall–Kier alpha value is -2.64. The maximum absolute atomic E-state index is 2.58. The zero-order valence-electron chi connectivity index (χ0n) is 20.0. The van der Waals surface area contributed by atoms with Crippen molar-refractivity contribution in [1.29, 1.82) is 0 Å². The molecule has 1 heteroatoms. The normalized spacial score (nSPS) is 20.5. The lowest BCUT2D eigenvalue weighted by Gasteiger charge is -2.47. The molecule has 0 aromatic heterocycles. The Morgan fingerprint density at radius 3 is 1.65 bits per heavy atom. The molecular weight excluding hydrogens is 388 g/mol. The lowest BCUT2D eigenvalue weighted by Crippen LogP contribution is -2.73. The van der Waals surface area contributed by atoms with E-state index >= 15 is 0 Å². The largest absolute Gasteiger partial charge is 0.161 e. The van der Waals surface area contributed by atoms with E-state index in [1.54, 1.807) is 0 Å².